The molecule has 3 nitrogen and oxygen atoms in total. The second-order valence-corrected chi connectivity index (χ2v) is 4.38. The fraction of sp³-hybridized carbons (Fsp3) is 0.455. The predicted octanol–water partition coefficient (Wildman–Crippen LogP) is 2.02. The second-order valence-electron chi connectivity index (χ2n) is 3.47. The highest BCUT2D eigenvalue weighted by atomic mass is 79.9. The highest BCUT2D eigenvalue weighted by Gasteiger charge is 2.03. The van der Waals surface area contributed by atoms with Crippen molar-refractivity contribution in [3.8, 4) is 5.75 Å². The molecule has 0 saturated heterocycles. The molecule has 0 bridgehead atoms. The minimum atomic E-state index is -0.320. The van der Waals surface area contributed by atoms with E-state index in [9.17, 15) is 10.2 Å². The molecule has 84 valence electrons. The van der Waals surface area contributed by atoms with Crippen molar-refractivity contribution in [3.63, 3.8) is 0 Å². The summed E-state index contributed by atoms with van der Waals surface area (Å²) in [5, 5.41) is 21.9. The number of aromatic hydroxyl groups is 1. The third-order valence-corrected chi connectivity index (χ3v) is 2.70. The number of hydrogen-bond acceptors (Lipinski definition) is 3. The monoisotopic (exact) mass is 273 g/mol. The van der Waals surface area contributed by atoms with Crippen LogP contribution in [0.5, 0.6) is 5.75 Å². The zero-order chi connectivity index (χ0) is 11.3. The summed E-state index contributed by atoms with van der Waals surface area (Å²) in [5.74, 6) is 0.275. The first kappa shape index (κ1) is 12.5. The van der Waals surface area contributed by atoms with Gasteiger partial charge in [0.25, 0.3) is 0 Å². The Labute approximate surface area is 98.3 Å². The molecule has 0 aromatic heterocycles. The minimum Gasteiger partial charge on any atom is -0.508 e. The summed E-state index contributed by atoms with van der Waals surface area (Å²) in [6.45, 7) is 3.04. The van der Waals surface area contributed by atoms with Crippen molar-refractivity contribution in [3.05, 3.63) is 28.2 Å². The Morgan fingerprint density at radius 1 is 1.47 bits per heavy atom. The molecule has 0 aliphatic rings. The van der Waals surface area contributed by atoms with Crippen LogP contribution in [0.25, 0.3) is 0 Å². The third-order valence-electron chi connectivity index (χ3n) is 2.21. The van der Waals surface area contributed by atoms with Crippen LogP contribution in [0.2, 0.25) is 0 Å². The zero-order valence-electron chi connectivity index (χ0n) is 8.70. The average molecular weight is 274 g/mol. The summed E-state index contributed by atoms with van der Waals surface area (Å²) in [4.78, 5) is 0. The van der Waals surface area contributed by atoms with E-state index < -0.39 is 0 Å². The van der Waals surface area contributed by atoms with E-state index in [4.69, 9.17) is 0 Å². The number of nitrogens with one attached hydrogen (secondary N) is 1. The molecule has 0 saturated carbocycles. The van der Waals surface area contributed by atoms with Crippen molar-refractivity contribution in [1.29, 1.82) is 0 Å². The van der Waals surface area contributed by atoms with E-state index in [1.54, 1.807) is 12.1 Å². The lowest BCUT2D eigenvalue weighted by atomic mass is 10.2. The lowest BCUT2D eigenvalue weighted by molar-refractivity contribution is 0.167. The second kappa shape index (κ2) is 6.10. The Bertz CT molecular complexity index is 317. The molecule has 0 amide bonds. The normalized spacial score (nSPS) is 12.7. The summed E-state index contributed by atoms with van der Waals surface area (Å²) < 4.78 is 0.938. The van der Waals surface area contributed by atoms with E-state index in [0.29, 0.717) is 13.1 Å². The van der Waals surface area contributed by atoms with Crippen LogP contribution in [0.3, 0.4) is 0 Å². The summed E-state index contributed by atoms with van der Waals surface area (Å²) >= 11 is 3.34. The third kappa shape index (κ3) is 4.20. The molecular weight excluding hydrogens is 258 g/mol. The van der Waals surface area contributed by atoms with E-state index in [1.165, 1.54) is 0 Å². The lowest BCUT2D eigenvalue weighted by Crippen LogP contribution is -2.25. The number of halogens is 1. The van der Waals surface area contributed by atoms with Crippen LogP contribution in [0, 0.1) is 0 Å². The number of aliphatic hydroxyl groups excluding tert-OH is 1. The quantitative estimate of drug-likeness (QED) is 0.770. The molecule has 0 heterocycles. The molecule has 0 radical (unpaired) electrons. The average Bonchev–Trinajstić information content (AvgIpc) is 2.23. The minimum absolute atomic E-state index is 0.275. The van der Waals surface area contributed by atoms with Gasteiger partial charge in [-0.25, -0.2) is 0 Å². The molecule has 0 spiro atoms. The van der Waals surface area contributed by atoms with Gasteiger partial charge in [0, 0.05) is 23.1 Å². The highest BCUT2D eigenvalue weighted by Crippen LogP contribution is 2.21. The smallest absolute Gasteiger partial charge is 0.120 e. The first-order chi connectivity index (χ1) is 7.13. The maximum Gasteiger partial charge on any atom is 0.120 e. The van der Waals surface area contributed by atoms with Gasteiger partial charge in [0.05, 0.1) is 6.10 Å². The van der Waals surface area contributed by atoms with Gasteiger partial charge < -0.3 is 15.5 Å². The maximum absolute atomic E-state index is 9.53. The van der Waals surface area contributed by atoms with Gasteiger partial charge in [0.2, 0.25) is 0 Å². The summed E-state index contributed by atoms with van der Waals surface area (Å²) in [6, 6.07) is 5.30. The van der Waals surface area contributed by atoms with Crippen LogP contribution in [0.15, 0.2) is 22.7 Å². The van der Waals surface area contributed by atoms with Crippen molar-refractivity contribution < 1.29 is 10.2 Å². The Kier molecular flexibility index (Phi) is 5.08. The van der Waals surface area contributed by atoms with Crippen LogP contribution in [-0.4, -0.2) is 22.9 Å². The van der Waals surface area contributed by atoms with Crippen LogP contribution in [0.4, 0.5) is 0 Å². The Morgan fingerprint density at radius 2 is 2.20 bits per heavy atom. The number of rotatable bonds is 5. The number of phenolic OH excluding ortho intramolecular Hbond substituents is 1. The molecule has 1 aromatic rings. The van der Waals surface area contributed by atoms with Gasteiger partial charge in [-0.05, 0) is 24.6 Å². The van der Waals surface area contributed by atoms with Gasteiger partial charge in [0.1, 0.15) is 5.75 Å². The topological polar surface area (TPSA) is 52.5 Å². The van der Waals surface area contributed by atoms with Crippen LogP contribution >= 0.6 is 15.9 Å². The standard InChI is InChI=1S/C11H16BrNO2/c1-2-10(14)7-13-6-8-5-9(12)3-4-11(8)15/h3-5,10,13-15H,2,6-7H2,1H3. The summed E-state index contributed by atoms with van der Waals surface area (Å²) in [7, 11) is 0. The van der Waals surface area contributed by atoms with Gasteiger partial charge in [0.15, 0.2) is 0 Å². The Balaban J connectivity index is 2.46. The molecule has 3 N–H and O–H groups in total. The van der Waals surface area contributed by atoms with E-state index in [0.717, 1.165) is 16.5 Å². The number of benzene rings is 1. The molecule has 1 aromatic carbocycles. The van der Waals surface area contributed by atoms with E-state index >= 15 is 0 Å². The molecular formula is C11H16BrNO2. The Morgan fingerprint density at radius 3 is 2.87 bits per heavy atom. The largest absolute Gasteiger partial charge is 0.508 e. The van der Waals surface area contributed by atoms with E-state index in [1.807, 2.05) is 13.0 Å². The summed E-state index contributed by atoms with van der Waals surface area (Å²) in [5.41, 5.74) is 0.827. The number of hydrogen-bond donors (Lipinski definition) is 3. The van der Waals surface area contributed by atoms with E-state index in [-0.39, 0.29) is 11.9 Å². The van der Waals surface area contributed by atoms with Gasteiger partial charge in [-0.1, -0.05) is 22.9 Å². The van der Waals surface area contributed by atoms with Gasteiger partial charge >= 0.3 is 0 Å². The van der Waals surface area contributed by atoms with Gasteiger partial charge in [-0.2, -0.15) is 0 Å². The molecule has 15 heavy (non-hydrogen) atoms. The fourth-order valence-corrected chi connectivity index (χ4v) is 1.62. The van der Waals surface area contributed by atoms with Gasteiger partial charge in [-0.3, -0.25) is 0 Å². The van der Waals surface area contributed by atoms with Crippen molar-refractivity contribution in [2.45, 2.75) is 26.0 Å². The van der Waals surface area contributed by atoms with E-state index in [2.05, 4.69) is 21.2 Å². The first-order valence-corrected chi connectivity index (χ1v) is 5.79. The van der Waals surface area contributed by atoms with Crippen molar-refractivity contribution in [2.24, 2.45) is 0 Å². The molecule has 0 aliphatic carbocycles. The SMILES string of the molecule is CCC(O)CNCc1cc(Br)ccc1O. The highest BCUT2D eigenvalue weighted by molar-refractivity contribution is 9.10. The van der Waals surface area contributed by atoms with Gasteiger partial charge in [-0.15, -0.1) is 0 Å². The molecule has 1 rings (SSSR count). The molecule has 0 aliphatic heterocycles. The van der Waals surface area contributed by atoms with Crippen LogP contribution < -0.4 is 5.32 Å². The number of phenols is 1. The molecule has 0 fully saturated rings. The van der Waals surface area contributed by atoms with Crippen LogP contribution in [0.1, 0.15) is 18.9 Å². The van der Waals surface area contributed by atoms with Crippen molar-refractivity contribution in [2.75, 3.05) is 6.54 Å². The molecule has 1 unspecified atom stereocenters. The van der Waals surface area contributed by atoms with Crippen molar-refractivity contribution in [1.82, 2.24) is 5.32 Å². The Hall–Kier alpha value is -0.580. The molecule has 1 atom stereocenters. The van der Waals surface area contributed by atoms with Crippen LogP contribution in [-0.2, 0) is 6.54 Å². The summed E-state index contributed by atoms with van der Waals surface area (Å²) in [6.07, 6.45) is 0.414. The zero-order valence-corrected chi connectivity index (χ0v) is 10.3. The lowest BCUT2D eigenvalue weighted by Gasteiger charge is -2.10. The maximum atomic E-state index is 9.53. The predicted molar refractivity (Wildman–Crippen MR) is 63.8 cm³/mol. The number of aliphatic hydroxyl groups is 1. The first-order valence-electron chi connectivity index (χ1n) is 4.99. The van der Waals surface area contributed by atoms with Crippen molar-refractivity contribution >= 4 is 15.9 Å². The molecule has 4 heteroatoms. The fourth-order valence-electron chi connectivity index (χ4n) is 1.21.